The van der Waals surface area contributed by atoms with Crippen LogP contribution in [-0.2, 0) is 16.0 Å². The van der Waals surface area contributed by atoms with Gasteiger partial charge in [-0.15, -0.1) is 0 Å². The molecule has 1 aromatic carbocycles. The minimum absolute atomic E-state index is 0.0860. The summed E-state index contributed by atoms with van der Waals surface area (Å²) in [6.45, 7) is 0.470. The number of halogens is 2. The Bertz CT molecular complexity index is 521. The van der Waals surface area contributed by atoms with Crippen LogP contribution in [0.3, 0.4) is 0 Å². The number of aliphatic carboxylic acids is 1. The van der Waals surface area contributed by atoms with Crippen LogP contribution in [-0.4, -0.2) is 34.5 Å². The minimum atomic E-state index is -0.967. The summed E-state index contributed by atoms with van der Waals surface area (Å²) in [7, 11) is 0. The summed E-state index contributed by atoms with van der Waals surface area (Å²) in [5.41, 5.74) is 0.661. The summed E-state index contributed by atoms with van der Waals surface area (Å²) in [5, 5.41) is 9.03. The predicted molar refractivity (Wildman–Crippen MR) is 70.2 cm³/mol. The van der Waals surface area contributed by atoms with Crippen LogP contribution in [0.1, 0.15) is 18.4 Å². The van der Waals surface area contributed by atoms with Gasteiger partial charge in [-0.3, -0.25) is 4.79 Å². The molecule has 102 valence electrons. The second kappa shape index (κ2) is 5.69. The average molecular weight is 330 g/mol. The topological polar surface area (TPSA) is 57.6 Å². The highest BCUT2D eigenvalue weighted by molar-refractivity contribution is 9.10. The van der Waals surface area contributed by atoms with Crippen molar-refractivity contribution >= 4 is 27.8 Å². The van der Waals surface area contributed by atoms with Crippen LogP contribution < -0.4 is 0 Å². The van der Waals surface area contributed by atoms with Gasteiger partial charge in [0.15, 0.2) is 0 Å². The van der Waals surface area contributed by atoms with Crippen LogP contribution in [0.4, 0.5) is 4.39 Å². The number of nitrogens with zero attached hydrogens (tertiary/aromatic N) is 1. The van der Waals surface area contributed by atoms with Gasteiger partial charge in [0.2, 0.25) is 5.91 Å². The number of rotatable bonds is 3. The van der Waals surface area contributed by atoms with Crippen molar-refractivity contribution in [2.24, 2.45) is 0 Å². The third-order valence-electron chi connectivity index (χ3n) is 3.20. The number of benzene rings is 1. The van der Waals surface area contributed by atoms with Crippen molar-refractivity contribution in [2.45, 2.75) is 25.3 Å². The van der Waals surface area contributed by atoms with Gasteiger partial charge in [0.1, 0.15) is 11.9 Å². The highest BCUT2D eigenvalue weighted by Gasteiger charge is 2.33. The number of carbonyl (C=O) groups is 2. The molecule has 1 aliphatic rings. The first-order valence-electron chi connectivity index (χ1n) is 5.95. The SMILES string of the molecule is O=C(O)C1CCCN1C(=O)Cc1ccc(F)c(Br)c1. The van der Waals surface area contributed by atoms with E-state index in [1.54, 1.807) is 6.07 Å². The fourth-order valence-corrected chi connectivity index (χ4v) is 2.67. The smallest absolute Gasteiger partial charge is 0.326 e. The van der Waals surface area contributed by atoms with Crippen LogP contribution in [0.5, 0.6) is 0 Å². The molecule has 4 nitrogen and oxygen atoms in total. The highest BCUT2D eigenvalue weighted by atomic mass is 79.9. The average Bonchev–Trinajstić information content (AvgIpc) is 2.83. The van der Waals surface area contributed by atoms with Gasteiger partial charge >= 0.3 is 5.97 Å². The minimum Gasteiger partial charge on any atom is -0.480 e. The Hall–Kier alpha value is -1.43. The number of hydrogen-bond donors (Lipinski definition) is 1. The van der Waals surface area contributed by atoms with E-state index in [9.17, 15) is 14.0 Å². The van der Waals surface area contributed by atoms with E-state index in [0.29, 0.717) is 29.4 Å². The van der Waals surface area contributed by atoms with Crippen molar-refractivity contribution in [3.05, 3.63) is 34.1 Å². The summed E-state index contributed by atoms with van der Waals surface area (Å²) in [6.07, 6.45) is 1.28. The summed E-state index contributed by atoms with van der Waals surface area (Å²) < 4.78 is 13.4. The van der Waals surface area contributed by atoms with Crippen LogP contribution in [0, 0.1) is 5.82 Å². The quantitative estimate of drug-likeness (QED) is 0.924. The van der Waals surface area contributed by atoms with Gasteiger partial charge in [0, 0.05) is 6.54 Å². The molecule has 1 heterocycles. The molecule has 1 unspecified atom stereocenters. The van der Waals surface area contributed by atoms with E-state index in [-0.39, 0.29) is 18.1 Å². The maximum atomic E-state index is 13.1. The molecule has 1 amide bonds. The molecule has 2 rings (SSSR count). The third-order valence-corrected chi connectivity index (χ3v) is 3.81. The van der Waals surface area contributed by atoms with Gasteiger partial charge < -0.3 is 10.0 Å². The van der Waals surface area contributed by atoms with Crippen molar-refractivity contribution in [3.63, 3.8) is 0 Å². The Kier molecular flexibility index (Phi) is 4.19. The molecule has 1 aromatic rings. The maximum absolute atomic E-state index is 13.1. The lowest BCUT2D eigenvalue weighted by atomic mass is 10.1. The normalized spacial score (nSPS) is 18.6. The standard InChI is InChI=1S/C13H13BrFNO3/c14-9-6-8(3-4-10(9)15)7-12(17)16-5-1-2-11(16)13(18)19/h3-4,6,11H,1-2,5,7H2,(H,18,19). The Morgan fingerprint density at radius 3 is 2.84 bits per heavy atom. The zero-order valence-corrected chi connectivity index (χ0v) is 11.7. The van der Waals surface area contributed by atoms with E-state index in [1.807, 2.05) is 0 Å². The van der Waals surface area contributed by atoms with Gasteiger partial charge in [0.25, 0.3) is 0 Å². The molecule has 19 heavy (non-hydrogen) atoms. The first-order chi connectivity index (χ1) is 8.99. The van der Waals surface area contributed by atoms with Gasteiger partial charge in [-0.05, 0) is 46.5 Å². The number of carboxylic acid groups (broad SMARTS) is 1. The lowest BCUT2D eigenvalue weighted by molar-refractivity contribution is -0.148. The van der Waals surface area contributed by atoms with Crippen LogP contribution in [0.25, 0.3) is 0 Å². The predicted octanol–water partition coefficient (Wildman–Crippen LogP) is 2.21. The number of hydrogen-bond acceptors (Lipinski definition) is 2. The number of amides is 1. The van der Waals surface area contributed by atoms with E-state index in [1.165, 1.54) is 17.0 Å². The van der Waals surface area contributed by atoms with E-state index in [4.69, 9.17) is 5.11 Å². The first-order valence-corrected chi connectivity index (χ1v) is 6.74. The lowest BCUT2D eigenvalue weighted by Crippen LogP contribution is -2.41. The van der Waals surface area contributed by atoms with Crippen molar-refractivity contribution < 1.29 is 19.1 Å². The van der Waals surface area contributed by atoms with Crippen LogP contribution in [0.2, 0.25) is 0 Å². The van der Waals surface area contributed by atoms with Crippen LogP contribution in [0.15, 0.2) is 22.7 Å². The summed E-state index contributed by atoms with van der Waals surface area (Å²) in [5.74, 6) is -1.59. The Labute approximate surface area is 118 Å². The second-order valence-corrected chi connectivity index (χ2v) is 5.36. The molecular weight excluding hydrogens is 317 g/mol. The number of carbonyl (C=O) groups excluding carboxylic acids is 1. The fraction of sp³-hybridized carbons (Fsp3) is 0.385. The van der Waals surface area contributed by atoms with E-state index in [0.717, 1.165) is 0 Å². The molecule has 0 spiro atoms. The molecule has 1 saturated heterocycles. The monoisotopic (exact) mass is 329 g/mol. The third kappa shape index (κ3) is 3.12. The summed E-state index contributed by atoms with van der Waals surface area (Å²) >= 11 is 3.06. The second-order valence-electron chi connectivity index (χ2n) is 4.51. The molecule has 0 aromatic heterocycles. The molecule has 1 N–H and O–H groups in total. The van der Waals surface area contributed by atoms with Crippen molar-refractivity contribution in [2.75, 3.05) is 6.54 Å². The molecular formula is C13H13BrFNO3. The molecule has 0 aliphatic carbocycles. The Balaban J connectivity index is 2.08. The molecule has 0 radical (unpaired) electrons. The van der Waals surface area contributed by atoms with Gasteiger partial charge in [-0.2, -0.15) is 0 Å². The largest absolute Gasteiger partial charge is 0.480 e. The van der Waals surface area contributed by atoms with E-state index in [2.05, 4.69) is 15.9 Å². The zero-order valence-electron chi connectivity index (χ0n) is 10.1. The molecule has 1 fully saturated rings. The molecule has 0 saturated carbocycles. The zero-order chi connectivity index (χ0) is 14.0. The molecule has 1 atom stereocenters. The highest BCUT2D eigenvalue weighted by Crippen LogP contribution is 2.21. The van der Waals surface area contributed by atoms with Crippen molar-refractivity contribution in [3.8, 4) is 0 Å². The van der Waals surface area contributed by atoms with Gasteiger partial charge in [-0.1, -0.05) is 6.07 Å². The van der Waals surface area contributed by atoms with Crippen molar-refractivity contribution in [1.82, 2.24) is 4.90 Å². The fourth-order valence-electron chi connectivity index (χ4n) is 2.25. The summed E-state index contributed by atoms with van der Waals surface area (Å²) in [4.78, 5) is 24.5. The number of carboxylic acids is 1. The first kappa shape index (κ1) is 14.0. The van der Waals surface area contributed by atoms with Crippen LogP contribution >= 0.6 is 15.9 Å². The molecule has 0 bridgehead atoms. The van der Waals surface area contributed by atoms with E-state index >= 15 is 0 Å². The van der Waals surface area contributed by atoms with Crippen molar-refractivity contribution in [1.29, 1.82) is 0 Å². The maximum Gasteiger partial charge on any atom is 0.326 e. The molecule has 6 heteroatoms. The van der Waals surface area contributed by atoms with Gasteiger partial charge in [-0.25, -0.2) is 9.18 Å². The lowest BCUT2D eigenvalue weighted by Gasteiger charge is -2.21. The molecule has 1 aliphatic heterocycles. The van der Waals surface area contributed by atoms with Gasteiger partial charge in [0.05, 0.1) is 10.9 Å². The Morgan fingerprint density at radius 1 is 1.47 bits per heavy atom. The van der Waals surface area contributed by atoms with E-state index < -0.39 is 12.0 Å². The summed E-state index contributed by atoms with van der Waals surface area (Å²) in [6, 6.07) is 3.63. The number of likely N-dealkylation sites (tertiary alicyclic amines) is 1. The Morgan fingerprint density at radius 2 is 2.21 bits per heavy atom.